The van der Waals surface area contributed by atoms with E-state index in [4.69, 9.17) is 4.74 Å². The van der Waals surface area contributed by atoms with E-state index in [1.54, 1.807) is 17.0 Å². The third-order valence-electron chi connectivity index (χ3n) is 6.35. The van der Waals surface area contributed by atoms with E-state index >= 15 is 0 Å². The molecule has 0 radical (unpaired) electrons. The summed E-state index contributed by atoms with van der Waals surface area (Å²) in [4.78, 5) is 30.9. The summed E-state index contributed by atoms with van der Waals surface area (Å²) in [6.07, 6.45) is 0.486. The molecule has 1 N–H and O–H groups in total. The fraction of sp³-hybridized carbons (Fsp3) is 0.259. The minimum atomic E-state index is -0.592. The van der Waals surface area contributed by atoms with Crippen molar-refractivity contribution >= 4 is 23.2 Å². The van der Waals surface area contributed by atoms with Crippen LogP contribution in [0, 0.1) is 0 Å². The molecular weight excluding hydrogens is 414 g/mol. The second kappa shape index (κ2) is 9.46. The average Bonchev–Trinajstić information content (AvgIpc) is 2.89. The van der Waals surface area contributed by atoms with Gasteiger partial charge in [0.25, 0.3) is 5.91 Å². The van der Waals surface area contributed by atoms with E-state index in [0.717, 1.165) is 35.6 Å². The van der Waals surface area contributed by atoms with Crippen molar-refractivity contribution in [3.63, 3.8) is 0 Å². The summed E-state index contributed by atoms with van der Waals surface area (Å²) in [7, 11) is 0. The minimum absolute atomic E-state index is 0.133. The fourth-order valence-electron chi connectivity index (χ4n) is 4.59. The van der Waals surface area contributed by atoms with Crippen molar-refractivity contribution in [2.75, 3.05) is 36.5 Å². The van der Waals surface area contributed by atoms with E-state index in [-0.39, 0.29) is 11.8 Å². The Morgan fingerprint density at radius 3 is 2.27 bits per heavy atom. The molecule has 1 atom stereocenters. The molecule has 6 heteroatoms. The lowest BCUT2D eigenvalue weighted by atomic mass is 9.92. The van der Waals surface area contributed by atoms with E-state index in [0.29, 0.717) is 31.7 Å². The second-order valence-electron chi connectivity index (χ2n) is 8.39. The Labute approximate surface area is 193 Å². The minimum Gasteiger partial charge on any atom is -0.378 e. The maximum atomic E-state index is 13.6. The van der Waals surface area contributed by atoms with Crippen LogP contribution in [0.3, 0.4) is 0 Å². The lowest BCUT2D eigenvalue weighted by molar-refractivity contribution is -0.121. The van der Waals surface area contributed by atoms with Crippen molar-refractivity contribution < 1.29 is 14.3 Å². The first-order valence-corrected chi connectivity index (χ1v) is 11.4. The third kappa shape index (κ3) is 4.47. The van der Waals surface area contributed by atoms with Crippen LogP contribution in [-0.4, -0.2) is 49.1 Å². The number of anilines is 2. The van der Waals surface area contributed by atoms with Crippen LogP contribution in [0.4, 0.5) is 11.4 Å². The van der Waals surface area contributed by atoms with Crippen molar-refractivity contribution in [2.24, 2.45) is 0 Å². The van der Waals surface area contributed by atoms with Gasteiger partial charge in [-0.2, -0.15) is 0 Å². The summed E-state index contributed by atoms with van der Waals surface area (Å²) in [5.41, 5.74) is 4.51. The number of fused-ring (bicyclic) bond motifs is 1. The van der Waals surface area contributed by atoms with E-state index in [1.807, 2.05) is 66.7 Å². The van der Waals surface area contributed by atoms with Gasteiger partial charge in [-0.05, 0) is 35.4 Å². The maximum Gasteiger partial charge on any atom is 0.254 e. The fourth-order valence-corrected chi connectivity index (χ4v) is 4.59. The zero-order chi connectivity index (χ0) is 22.6. The molecule has 0 bridgehead atoms. The van der Waals surface area contributed by atoms with Crippen molar-refractivity contribution in [1.82, 2.24) is 4.90 Å². The zero-order valence-electron chi connectivity index (χ0n) is 18.4. The van der Waals surface area contributed by atoms with Crippen LogP contribution in [-0.2, 0) is 22.5 Å². The highest BCUT2D eigenvalue weighted by Gasteiger charge is 2.35. The lowest BCUT2D eigenvalue weighted by Gasteiger charge is -2.36. The highest BCUT2D eigenvalue weighted by molar-refractivity contribution is 6.03. The third-order valence-corrected chi connectivity index (χ3v) is 6.35. The summed E-state index contributed by atoms with van der Waals surface area (Å²) in [6.45, 7) is 3.31. The van der Waals surface area contributed by atoms with E-state index in [9.17, 15) is 9.59 Å². The predicted octanol–water partition coefficient (Wildman–Crippen LogP) is 3.73. The average molecular weight is 442 g/mol. The van der Waals surface area contributed by atoms with Crippen LogP contribution >= 0.6 is 0 Å². The topological polar surface area (TPSA) is 61.9 Å². The highest BCUT2D eigenvalue weighted by atomic mass is 16.5. The van der Waals surface area contributed by atoms with Gasteiger partial charge in [0, 0.05) is 31.6 Å². The van der Waals surface area contributed by atoms with Gasteiger partial charge in [-0.3, -0.25) is 9.59 Å². The molecule has 33 heavy (non-hydrogen) atoms. The quantitative estimate of drug-likeness (QED) is 0.670. The van der Waals surface area contributed by atoms with Gasteiger partial charge in [0.15, 0.2) is 0 Å². The Morgan fingerprint density at radius 1 is 0.818 bits per heavy atom. The van der Waals surface area contributed by atoms with Crippen LogP contribution in [0.25, 0.3) is 0 Å². The largest absolute Gasteiger partial charge is 0.378 e. The highest BCUT2D eigenvalue weighted by Crippen LogP contribution is 2.29. The summed E-state index contributed by atoms with van der Waals surface area (Å²) in [6, 6.07) is 24.4. The Kier molecular flexibility index (Phi) is 6.09. The smallest absolute Gasteiger partial charge is 0.254 e. The van der Waals surface area contributed by atoms with Crippen LogP contribution in [0.1, 0.15) is 21.5 Å². The van der Waals surface area contributed by atoms with Crippen molar-refractivity contribution in [2.45, 2.75) is 19.0 Å². The van der Waals surface area contributed by atoms with E-state index in [2.05, 4.69) is 10.2 Å². The summed E-state index contributed by atoms with van der Waals surface area (Å²) >= 11 is 0. The lowest BCUT2D eigenvalue weighted by Crippen LogP contribution is -2.50. The molecule has 0 spiro atoms. The molecule has 168 valence electrons. The Balaban J connectivity index is 1.43. The normalized spacial score (nSPS) is 17.9. The van der Waals surface area contributed by atoms with Crippen LogP contribution in [0.15, 0.2) is 78.9 Å². The molecule has 2 aliphatic rings. The molecule has 1 unspecified atom stereocenters. The van der Waals surface area contributed by atoms with Crippen molar-refractivity contribution in [1.29, 1.82) is 0 Å². The van der Waals surface area contributed by atoms with Gasteiger partial charge >= 0.3 is 0 Å². The number of nitrogens with one attached hydrogen (secondary N) is 1. The van der Waals surface area contributed by atoms with Crippen molar-refractivity contribution in [3.05, 3.63) is 95.6 Å². The number of amides is 2. The molecule has 1 fully saturated rings. The molecule has 3 aromatic rings. The monoisotopic (exact) mass is 441 g/mol. The first-order valence-electron chi connectivity index (χ1n) is 11.4. The summed E-state index contributed by atoms with van der Waals surface area (Å²) in [5.74, 6) is -0.304. The maximum absolute atomic E-state index is 13.6. The molecule has 0 aromatic heterocycles. The van der Waals surface area contributed by atoms with Gasteiger partial charge in [0.2, 0.25) is 5.91 Å². The van der Waals surface area contributed by atoms with Crippen LogP contribution in [0.2, 0.25) is 0 Å². The SMILES string of the molecule is O=C(Nc1ccccc1N1CCOCC1)C1Cc2ccccc2CN1C(=O)c1ccccc1. The molecule has 6 nitrogen and oxygen atoms in total. The molecule has 5 rings (SSSR count). The number of carbonyl (C=O) groups excluding carboxylic acids is 2. The molecule has 3 aromatic carbocycles. The number of nitrogens with zero attached hydrogens (tertiary/aromatic N) is 2. The van der Waals surface area contributed by atoms with Gasteiger partial charge in [-0.1, -0.05) is 54.6 Å². The van der Waals surface area contributed by atoms with Gasteiger partial charge < -0.3 is 19.9 Å². The zero-order valence-corrected chi connectivity index (χ0v) is 18.4. The van der Waals surface area contributed by atoms with Gasteiger partial charge in [-0.15, -0.1) is 0 Å². The Morgan fingerprint density at radius 2 is 1.48 bits per heavy atom. The summed E-state index contributed by atoms with van der Waals surface area (Å²) < 4.78 is 5.48. The number of morpholine rings is 1. The number of hydrogen-bond donors (Lipinski definition) is 1. The number of carbonyl (C=O) groups is 2. The van der Waals surface area contributed by atoms with Gasteiger partial charge in [-0.25, -0.2) is 0 Å². The van der Waals surface area contributed by atoms with Crippen LogP contribution in [0.5, 0.6) is 0 Å². The predicted molar refractivity (Wildman–Crippen MR) is 128 cm³/mol. The first kappa shape index (κ1) is 21.2. The standard InChI is InChI=1S/C27H27N3O3/c31-26(28-23-12-6-7-13-24(23)29-14-16-33-17-15-29)25-18-21-10-4-5-11-22(21)19-30(25)27(32)20-8-2-1-3-9-20/h1-13,25H,14-19H2,(H,28,31). The van der Waals surface area contributed by atoms with Gasteiger partial charge in [0.1, 0.15) is 6.04 Å². The van der Waals surface area contributed by atoms with Gasteiger partial charge in [0.05, 0.1) is 24.6 Å². The number of ether oxygens (including phenoxy) is 1. The number of para-hydroxylation sites is 2. The molecule has 2 aliphatic heterocycles. The van der Waals surface area contributed by atoms with Crippen LogP contribution < -0.4 is 10.2 Å². The Bertz CT molecular complexity index is 1140. The molecule has 0 saturated carbocycles. The molecular formula is C27H27N3O3. The summed E-state index contributed by atoms with van der Waals surface area (Å²) in [5, 5.41) is 3.13. The molecule has 2 amide bonds. The number of rotatable bonds is 4. The van der Waals surface area contributed by atoms with E-state index < -0.39 is 6.04 Å². The second-order valence-corrected chi connectivity index (χ2v) is 8.39. The van der Waals surface area contributed by atoms with E-state index in [1.165, 1.54) is 0 Å². The number of benzene rings is 3. The molecule has 0 aliphatic carbocycles. The first-order chi connectivity index (χ1) is 16.2. The number of hydrogen-bond acceptors (Lipinski definition) is 4. The molecule has 1 saturated heterocycles. The Hall–Kier alpha value is -3.64. The molecule has 2 heterocycles. The van der Waals surface area contributed by atoms with Crippen molar-refractivity contribution in [3.8, 4) is 0 Å².